The van der Waals surface area contributed by atoms with Gasteiger partial charge in [0, 0.05) is 44.4 Å². The summed E-state index contributed by atoms with van der Waals surface area (Å²) >= 11 is 0. The zero-order valence-corrected chi connectivity index (χ0v) is 21.6. The summed E-state index contributed by atoms with van der Waals surface area (Å²) in [5.41, 5.74) is 5.39. The predicted octanol–water partition coefficient (Wildman–Crippen LogP) is 5.01. The van der Waals surface area contributed by atoms with Crippen LogP contribution in [0.15, 0.2) is 66.7 Å². The highest BCUT2D eigenvalue weighted by atomic mass is 16.5. The first-order chi connectivity index (χ1) is 17.6. The molecule has 1 fully saturated rings. The van der Waals surface area contributed by atoms with E-state index in [1.807, 2.05) is 48.5 Å². The van der Waals surface area contributed by atoms with Crippen LogP contribution in [0.2, 0.25) is 0 Å². The molecule has 1 amide bonds. The molecule has 36 heavy (non-hydrogen) atoms. The van der Waals surface area contributed by atoms with Gasteiger partial charge in [0.2, 0.25) is 0 Å². The van der Waals surface area contributed by atoms with Crippen LogP contribution in [0.4, 0.5) is 5.69 Å². The third-order valence-electron chi connectivity index (χ3n) is 6.89. The van der Waals surface area contributed by atoms with Gasteiger partial charge in [-0.05, 0) is 67.3 Å². The monoisotopic (exact) mass is 487 g/mol. The summed E-state index contributed by atoms with van der Waals surface area (Å²) in [6.07, 6.45) is 2.04. The largest absolute Gasteiger partial charge is 0.497 e. The number of piperazine rings is 1. The zero-order valence-electron chi connectivity index (χ0n) is 21.6. The van der Waals surface area contributed by atoms with Gasteiger partial charge in [-0.15, -0.1) is 0 Å². The Kier molecular flexibility index (Phi) is 8.85. The fourth-order valence-electron chi connectivity index (χ4n) is 4.72. The van der Waals surface area contributed by atoms with Crippen molar-refractivity contribution in [1.82, 2.24) is 10.2 Å². The first-order valence-corrected chi connectivity index (χ1v) is 12.7. The number of anilines is 1. The molecule has 1 N–H and O–H groups in total. The molecule has 190 valence electrons. The third kappa shape index (κ3) is 6.38. The number of carbonyl (C=O) groups excluding carboxylic acids is 1. The Labute approximate surface area is 214 Å². The van der Waals surface area contributed by atoms with Crippen molar-refractivity contribution in [2.75, 3.05) is 58.4 Å². The van der Waals surface area contributed by atoms with E-state index in [2.05, 4.69) is 40.2 Å². The van der Waals surface area contributed by atoms with Crippen LogP contribution in [-0.2, 0) is 0 Å². The zero-order chi connectivity index (χ0) is 25.3. The second-order valence-corrected chi connectivity index (χ2v) is 9.22. The molecule has 1 aliphatic heterocycles. The van der Waals surface area contributed by atoms with Crippen molar-refractivity contribution in [3.05, 3.63) is 77.9 Å². The van der Waals surface area contributed by atoms with Crippen LogP contribution in [0.3, 0.4) is 0 Å². The van der Waals surface area contributed by atoms with Gasteiger partial charge in [-0.1, -0.05) is 36.4 Å². The van der Waals surface area contributed by atoms with Crippen LogP contribution in [-0.4, -0.2) is 64.3 Å². The number of amides is 1. The molecule has 3 aromatic rings. The molecule has 1 saturated heterocycles. The van der Waals surface area contributed by atoms with Gasteiger partial charge in [-0.2, -0.15) is 0 Å². The van der Waals surface area contributed by atoms with Crippen LogP contribution in [0.5, 0.6) is 11.5 Å². The molecule has 1 aliphatic rings. The van der Waals surface area contributed by atoms with E-state index in [4.69, 9.17) is 9.47 Å². The van der Waals surface area contributed by atoms with E-state index in [1.165, 1.54) is 11.1 Å². The lowest BCUT2D eigenvalue weighted by molar-refractivity contribution is 0.0952. The van der Waals surface area contributed by atoms with Crippen molar-refractivity contribution >= 4 is 11.6 Å². The van der Waals surface area contributed by atoms with E-state index >= 15 is 0 Å². The Morgan fingerprint density at radius 2 is 1.64 bits per heavy atom. The summed E-state index contributed by atoms with van der Waals surface area (Å²) in [5.74, 6) is 1.65. The quantitative estimate of drug-likeness (QED) is 0.408. The van der Waals surface area contributed by atoms with Gasteiger partial charge < -0.3 is 19.7 Å². The molecule has 3 aromatic carbocycles. The molecule has 0 spiro atoms. The fourth-order valence-corrected chi connectivity index (χ4v) is 4.72. The molecule has 6 nitrogen and oxygen atoms in total. The lowest BCUT2D eigenvalue weighted by Gasteiger charge is -2.36. The summed E-state index contributed by atoms with van der Waals surface area (Å²) in [5, 5.41) is 3.07. The Morgan fingerprint density at radius 1 is 0.889 bits per heavy atom. The van der Waals surface area contributed by atoms with E-state index in [9.17, 15) is 4.79 Å². The molecule has 0 bridgehead atoms. The van der Waals surface area contributed by atoms with Gasteiger partial charge >= 0.3 is 0 Å². The molecule has 0 saturated carbocycles. The maximum absolute atomic E-state index is 12.5. The first kappa shape index (κ1) is 25.6. The van der Waals surface area contributed by atoms with Crippen molar-refractivity contribution < 1.29 is 14.3 Å². The van der Waals surface area contributed by atoms with E-state index in [0.717, 1.165) is 68.3 Å². The van der Waals surface area contributed by atoms with E-state index in [-0.39, 0.29) is 5.91 Å². The number of rotatable bonds is 10. The number of carbonyl (C=O) groups is 1. The van der Waals surface area contributed by atoms with E-state index < -0.39 is 0 Å². The molecular weight excluding hydrogens is 450 g/mol. The summed E-state index contributed by atoms with van der Waals surface area (Å²) in [7, 11) is 3.37. The SMILES string of the molecule is COc1ccc(N2CCN(CCCCNC(=O)c3ccc(-c4ccccc4C)cc3)CC2)c(OC)c1. The Bertz CT molecular complexity index is 1140. The number of nitrogens with one attached hydrogen (secondary N) is 1. The summed E-state index contributed by atoms with van der Waals surface area (Å²) in [4.78, 5) is 17.4. The average Bonchev–Trinajstić information content (AvgIpc) is 2.93. The van der Waals surface area contributed by atoms with Crippen LogP contribution in [0.25, 0.3) is 11.1 Å². The molecule has 0 unspecified atom stereocenters. The predicted molar refractivity (Wildman–Crippen MR) is 146 cm³/mol. The summed E-state index contributed by atoms with van der Waals surface area (Å²) < 4.78 is 10.9. The number of ether oxygens (including phenoxy) is 2. The fraction of sp³-hybridized carbons (Fsp3) is 0.367. The number of unbranched alkanes of at least 4 members (excludes halogenated alkanes) is 1. The molecular formula is C30H37N3O3. The second kappa shape index (κ2) is 12.5. The Balaban J connectivity index is 1.16. The van der Waals surface area contributed by atoms with Gasteiger partial charge in [0.1, 0.15) is 11.5 Å². The second-order valence-electron chi connectivity index (χ2n) is 9.22. The molecule has 0 aromatic heterocycles. The number of benzene rings is 3. The lowest BCUT2D eigenvalue weighted by Crippen LogP contribution is -2.46. The van der Waals surface area contributed by atoms with E-state index in [1.54, 1.807) is 14.2 Å². The minimum atomic E-state index is -0.00612. The number of hydrogen-bond donors (Lipinski definition) is 1. The smallest absolute Gasteiger partial charge is 0.251 e. The highest BCUT2D eigenvalue weighted by Crippen LogP contribution is 2.32. The maximum atomic E-state index is 12.5. The standard InChI is InChI=1S/C30H37N3O3/c1-23-8-4-5-9-27(23)24-10-12-25(13-11-24)30(34)31-16-6-7-17-32-18-20-33(21-19-32)28-15-14-26(35-2)22-29(28)36-3/h4-5,8-15,22H,6-7,16-21H2,1-3H3,(H,31,34). The Hall–Kier alpha value is -3.51. The van der Waals surface area contributed by atoms with Crippen molar-refractivity contribution in [1.29, 1.82) is 0 Å². The minimum Gasteiger partial charge on any atom is -0.497 e. The lowest BCUT2D eigenvalue weighted by atomic mass is 9.99. The number of hydrogen-bond acceptors (Lipinski definition) is 5. The molecule has 0 radical (unpaired) electrons. The maximum Gasteiger partial charge on any atom is 0.251 e. The minimum absolute atomic E-state index is 0.00612. The molecule has 0 aliphatic carbocycles. The van der Waals surface area contributed by atoms with Gasteiger partial charge in [0.25, 0.3) is 5.91 Å². The molecule has 0 atom stereocenters. The molecule has 6 heteroatoms. The molecule has 4 rings (SSSR count). The van der Waals surface area contributed by atoms with Crippen LogP contribution < -0.4 is 19.7 Å². The number of methoxy groups -OCH3 is 2. The van der Waals surface area contributed by atoms with Gasteiger partial charge in [-0.3, -0.25) is 9.69 Å². The van der Waals surface area contributed by atoms with Gasteiger partial charge in [0.05, 0.1) is 19.9 Å². The normalized spacial score (nSPS) is 13.9. The van der Waals surface area contributed by atoms with Crippen LogP contribution in [0.1, 0.15) is 28.8 Å². The van der Waals surface area contributed by atoms with Crippen molar-refractivity contribution in [2.24, 2.45) is 0 Å². The molecule has 1 heterocycles. The topological polar surface area (TPSA) is 54.0 Å². The first-order valence-electron chi connectivity index (χ1n) is 12.7. The van der Waals surface area contributed by atoms with Gasteiger partial charge in [-0.25, -0.2) is 0 Å². The van der Waals surface area contributed by atoms with Crippen LogP contribution >= 0.6 is 0 Å². The highest BCUT2D eigenvalue weighted by molar-refractivity contribution is 5.94. The van der Waals surface area contributed by atoms with Crippen molar-refractivity contribution in [2.45, 2.75) is 19.8 Å². The number of nitrogens with zero attached hydrogens (tertiary/aromatic N) is 2. The summed E-state index contributed by atoms with van der Waals surface area (Å²) in [6.45, 7) is 7.84. The Morgan fingerprint density at radius 3 is 2.33 bits per heavy atom. The van der Waals surface area contributed by atoms with E-state index in [0.29, 0.717) is 12.1 Å². The van der Waals surface area contributed by atoms with Gasteiger partial charge in [0.15, 0.2) is 0 Å². The van der Waals surface area contributed by atoms with Crippen LogP contribution in [0, 0.1) is 6.92 Å². The number of aryl methyl sites for hydroxylation is 1. The third-order valence-corrected chi connectivity index (χ3v) is 6.89. The average molecular weight is 488 g/mol. The highest BCUT2D eigenvalue weighted by Gasteiger charge is 2.20. The van der Waals surface area contributed by atoms with Crippen molar-refractivity contribution in [3.63, 3.8) is 0 Å². The van der Waals surface area contributed by atoms with Crippen molar-refractivity contribution in [3.8, 4) is 22.6 Å². The summed E-state index contributed by atoms with van der Waals surface area (Å²) in [6, 6.07) is 22.2.